The van der Waals surface area contributed by atoms with Gasteiger partial charge in [0.05, 0.1) is 15.9 Å². The van der Waals surface area contributed by atoms with Crippen LogP contribution in [0.5, 0.6) is 0 Å². The maximum absolute atomic E-state index is 6.04. The maximum atomic E-state index is 6.04. The normalized spacial score (nSPS) is 11.8. The number of hydrogen-bond donors (Lipinski definition) is 0. The highest BCUT2D eigenvalue weighted by Crippen LogP contribution is 2.34. The monoisotopic (exact) mass is 318 g/mol. The number of aromatic nitrogens is 2. The third-order valence-electron chi connectivity index (χ3n) is 3.37. The van der Waals surface area contributed by atoms with Crippen LogP contribution in [0.2, 0.25) is 5.02 Å². The fraction of sp³-hybridized carbons (Fsp3) is 0.133. The molecule has 1 aromatic carbocycles. The Bertz CT molecular complexity index is 946. The third-order valence-corrected chi connectivity index (χ3v) is 5.59. The van der Waals surface area contributed by atoms with Gasteiger partial charge in [-0.15, -0.1) is 11.3 Å². The zero-order chi connectivity index (χ0) is 13.9. The minimum atomic E-state index is 0.770. The first-order valence-corrected chi connectivity index (χ1v) is 8.27. The average Bonchev–Trinajstić information content (AvgIpc) is 3.00. The SMILES string of the molecule is Cc1cc(-c2cn3c(n2)sc2cc(Cl)ccc23)c(C)s1. The summed E-state index contributed by atoms with van der Waals surface area (Å²) in [6.07, 6.45) is 2.12. The number of thiazole rings is 1. The second-order valence-electron chi connectivity index (χ2n) is 4.82. The molecule has 0 aliphatic rings. The van der Waals surface area contributed by atoms with Gasteiger partial charge in [0.25, 0.3) is 0 Å². The molecule has 100 valence electrons. The number of thiophene rings is 1. The van der Waals surface area contributed by atoms with E-state index < -0.39 is 0 Å². The summed E-state index contributed by atoms with van der Waals surface area (Å²) >= 11 is 9.54. The fourth-order valence-corrected chi connectivity index (χ4v) is 4.71. The van der Waals surface area contributed by atoms with Crippen molar-refractivity contribution < 1.29 is 0 Å². The number of halogens is 1. The molecule has 0 unspecified atom stereocenters. The van der Waals surface area contributed by atoms with Crippen molar-refractivity contribution in [3.8, 4) is 11.3 Å². The van der Waals surface area contributed by atoms with Gasteiger partial charge in [-0.25, -0.2) is 4.98 Å². The molecule has 0 atom stereocenters. The lowest BCUT2D eigenvalue weighted by Gasteiger charge is -1.94. The van der Waals surface area contributed by atoms with Gasteiger partial charge in [-0.05, 0) is 38.1 Å². The first kappa shape index (κ1) is 12.4. The molecular formula is C15H11ClN2S2. The van der Waals surface area contributed by atoms with Crippen LogP contribution < -0.4 is 0 Å². The Morgan fingerprint density at radius 1 is 1.15 bits per heavy atom. The summed E-state index contributed by atoms with van der Waals surface area (Å²) in [5.74, 6) is 0. The van der Waals surface area contributed by atoms with Crippen LogP contribution in [0.15, 0.2) is 30.5 Å². The number of aryl methyl sites for hydroxylation is 2. The molecule has 0 aliphatic heterocycles. The fourth-order valence-electron chi connectivity index (χ4n) is 2.49. The van der Waals surface area contributed by atoms with Crippen LogP contribution >= 0.6 is 34.3 Å². The highest BCUT2D eigenvalue weighted by Gasteiger charge is 2.13. The lowest BCUT2D eigenvalue weighted by molar-refractivity contribution is 1.30. The van der Waals surface area contributed by atoms with E-state index >= 15 is 0 Å². The Morgan fingerprint density at radius 2 is 2.00 bits per heavy atom. The maximum Gasteiger partial charge on any atom is 0.195 e. The van der Waals surface area contributed by atoms with E-state index in [0.717, 1.165) is 21.2 Å². The van der Waals surface area contributed by atoms with E-state index in [1.807, 2.05) is 23.5 Å². The molecule has 2 nitrogen and oxygen atoms in total. The van der Waals surface area contributed by atoms with Crippen molar-refractivity contribution in [3.63, 3.8) is 0 Å². The van der Waals surface area contributed by atoms with E-state index in [1.165, 1.54) is 20.0 Å². The Hall–Kier alpha value is -1.36. The van der Waals surface area contributed by atoms with Crippen molar-refractivity contribution in [3.05, 3.63) is 45.2 Å². The molecular weight excluding hydrogens is 308 g/mol. The Morgan fingerprint density at radius 3 is 2.75 bits per heavy atom. The minimum Gasteiger partial charge on any atom is -0.290 e. The molecule has 4 aromatic rings. The van der Waals surface area contributed by atoms with Crippen molar-refractivity contribution >= 4 is 49.5 Å². The quantitative estimate of drug-likeness (QED) is 0.450. The lowest BCUT2D eigenvalue weighted by atomic mass is 10.2. The number of nitrogens with zero attached hydrogens (tertiary/aromatic N) is 2. The van der Waals surface area contributed by atoms with Crippen molar-refractivity contribution in [2.24, 2.45) is 0 Å². The van der Waals surface area contributed by atoms with Crippen LogP contribution in [-0.2, 0) is 0 Å². The molecule has 0 fully saturated rings. The van der Waals surface area contributed by atoms with E-state index in [2.05, 4.69) is 36.6 Å². The van der Waals surface area contributed by atoms with E-state index in [4.69, 9.17) is 16.6 Å². The highest BCUT2D eigenvalue weighted by atomic mass is 35.5. The van der Waals surface area contributed by atoms with E-state index in [9.17, 15) is 0 Å². The summed E-state index contributed by atoms with van der Waals surface area (Å²) in [6, 6.07) is 8.19. The number of benzene rings is 1. The molecule has 0 N–H and O–H groups in total. The summed E-state index contributed by atoms with van der Waals surface area (Å²) in [7, 11) is 0. The Labute approximate surface area is 129 Å². The molecule has 0 radical (unpaired) electrons. The van der Waals surface area contributed by atoms with Crippen LogP contribution in [0, 0.1) is 13.8 Å². The molecule has 0 aliphatic carbocycles. The number of rotatable bonds is 1. The van der Waals surface area contributed by atoms with Crippen LogP contribution in [0.3, 0.4) is 0 Å². The van der Waals surface area contributed by atoms with E-state index in [1.54, 1.807) is 11.3 Å². The first-order valence-electron chi connectivity index (χ1n) is 6.26. The van der Waals surface area contributed by atoms with Gasteiger partial charge in [0.1, 0.15) is 0 Å². The van der Waals surface area contributed by atoms with Crippen molar-refractivity contribution in [2.45, 2.75) is 13.8 Å². The molecule has 4 rings (SSSR count). The Kier molecular flexibility index (Phi) is 2.67. The van der Waals surface area contributed by atoms with Crippen LogP contribution in [-0.4, -0.2) is 9.38 Å². The zero-order valence-corrected chi connectivity index (χ0v) is 13.4. The molecule has 0 spiro atoms. The number of imidazole rings is 1. The second-order valence-corrected chi connectivity index (χ2v) is 7.73. The van der Waals surface area contributed by atoms with Crippen LogP contribution in [0.4, 0.5) is 0 Å². The smallest absolute Gasteiger partial charge is 0.195 e. The first-order chi connectivity index (χ1) is 9.61. The van der Waals surface area contributed by atoms with Gasteiger partial charge in [0.2, 0.25) is 0 Å². The van der Waals surface area contributed by atoms with E-state index in [0.29, 0.717) is 0 Å². The topological polar surface area (TPSA) is 17.3 Å². The summed E-state index contributed by atoms with van der Waals surface area (Å²) in [4.78, 5) is 8.43. The highest BCUT2D eigenvalue weighted by molar-refractivity contribution is 7.23. The molecule has 0 saturated carbocycles. The van der Waals surface area contributed by atoms with Crippen LogP contribution in [0.1, 0.15) is 9.75 Å². The summed E-state index contributed by atoms with van der Waals surface area (Å²) in [6.45, 7) is 4.29. The van der Waals surface area contributed by atoms with Gasteiger partial charge in [0.15, 0.2) is 4.96 Å². The molecule has 0 saturated heterocycles. The lowest BCUT2D eigenvalue weighted by Crippen LogP contribution is -1.77. The second kappa shape index (κ2) is 4.32. The van der Waals surface area contributed by atoms with Gasteiger partial charge in [-0.2, -0.15) is 0 Å². The van der Waals surface area contributed by atoms with Gasteiger partial charge in [-0.1, -0.05) is 22.9 Å². The molecule has 3 heterocycles. The summed E-state index contributed by atoms with van der Waals surface area (Å²) in [5.41, 5.74) is 3.46. The average molecular weight is 319 g/mol. The molecule has 3 aromatic heterocycles. The van der Waals surface area contributed by atoms with Gasteiger partial charge < -0.3 is 0 Å². The van der Waals surface area contributed by atoms with Gasteiger partial charge in [-0.3, -0.25) is 4.40 Å². The summed E-state index contributed by atoms with van der Waals surface area (Å²) in [5, 5.41) is 0.770. The van der Waals surface area contributed by atoms with Gasteiger partial charge in [0, 0.05) is 26.5 Å². The molecule has 5 heteroatoms. The molecule has 20 heavy (non-hydrogen) atoms. The molecule has 0 bridgehead atoms. The Balaban J connectivity index is 1.97. The number of hydrogen-bond acceptors (Lipinski definition) is 3. The molecule has 0 amide bonds. The van der Waals surface area contributed by atoms with Crippen molar-refractivity contribution in [1.29, 1.82) is 0 Å². The van der Waals surface area contributed by atoms with Crippen LogP contribution in [0.25, 0.3) is 26.4 Å². The van der Waals surface area contributed by atoms with E-state index in [-0.39, 0.29) is 0 Å². The predicted molar refractivity (Wildman–Crippen MR) is 88.4 cm³/mol. The minimum absolute atomic E-state index is 0.770. The van der Waals surface area contributed by atoms with Gasteiger partial charge >= 0.3 is 0 Å². The predicted octanol–water partition coefficient (Wildman–Crippen LogP) is 5.55. The largest absolute Gasteiger partial charge is 0.290 e. The van der Waals surface area contributed by atoms with Crippen molar-refractivity contribution in [2.75, 3.05) is 0 Å². The number of fused-ring (bicyclic) bond motifs is 3. The third kappa shape index (κ3) is 1.79. The summed E-state index contributed by atoms with van der Waals surface area (Å²) < 4.78 is 3.32. The zero-order valence-electron chi connectivity index (χ0n) is 11.0. The standard InChI is InChI=1S/C15H11ClN2S2/c1-8-5-11(9(2)19-8)12-7-18-13-4-3-10(16)6-14(13)20-15(18)17-12/h3-7H,1-2H3. The van der Waals surface area contributed by atoms with Crippen molar-refractivity contribution in [1.82, 2.24) is 9.38 Å².